The van der Waals surface area contributed by atoms with Gasteiger partial charge in [0.15, 0.2) is 0 Å². The van der Waals surface area contributed by atoms with Gasteiger partial charge in [0.1, 0.15) is 0 Å². The molecule has 6 heteroatoms. The van der Waals surface area contributed by atoms with Crippen molar-refractivity contribution in [2.75, 3.05) is 13.1 Å². The molecule has 1 rings (SSSR count). The molecule has 1 fully saturated rings. The van der Waals surface area contributed by atoms with E-state index in [4.69, 9.17) is 10.8 Å². The van der Waals surface area contributed by atoms with Crippen LogP contribution in [0.3, 0.4) is 0 Å². The van der Waals surface area contributed by atoms with Crippen LogP contribution in [-0.2, 0) is 0 Å². The van der Waals surface area contributed by atoms with Crippen molar-refractivity contribution >= 4 is 6.09 Å². The van der Waals surface area contributed by atoms with Crippen LogP contribution < -0.4 is 5.73 Å². The van der Waals surface area contributed by atoms with E-state index >= 15 is 0 Å². The minimum atomic E-state index is -2.98. The molecule has 12 heavy (non-hydrogen) atoms. The number of likely N-dealkylation sites (tertiary alicyclic amines) is 1. The predicted molar refractivity (Wildman–Crippen MR) is 37.1 cm³/mol. The van der Waals surface area contributed by atoms with Gasteiger partial charge in [-0.05, 0) is 0 Å². The lowest BCUT2D eigenvalue weighted by atomic mass is 10.0. The summed E-state index contributed by atoms with van der Waals surface area (Å²) in [6.45, 7) is -0.749. The van der Waals surface area contributed by atoms with Crippen molar-refractivity contribution in [3.8, 4) is 0 Å². The molecule has 0 aromatic heterocycles. The summed E-state index contributed by atoms with van der Waals surface area (Å²) in [6, 6.07) is -0.759. The third kappa shape index (κ3) is 2.04. The third-order valence-electron chi connectivity index (χ3n) is 1.71. The Kier molecular flexibility index (Phi) is 2.18. The molecule has 1 atom stereocenters. The monoisotopic (exact) mass is 180 g/mol. The fourth-order valence-corrected chi connectivity index (χ4v) is 1.29. The van der Waals surface area contributed by atoms with Crippen LogP contribution in [0.1, 0.15) is 6.42 Å². The Morgan fingerprint density at radius 3 is 2.67 bits per heavy atom. The Bertz CT molecular complexity index is 198. The van der Waals surface area contributed by atoms with E-state index in [1.807, 2.05) is 0 Å². The first-order valence-electron chi connectivity index (χ1n) is 3.52. The maximum absolute atomic E-state index is 12.7. The molecule has 0 aromatic carbocycles. The summed E-state index contributed by atoms with van der Waals surface area (Å²) >= 11 is 0. The molecular weight excluding hydrogens is 170 g/mol. The molecule has 0 spiro atoms. The number of carbonyl (C=O) groups is 1. The fraction of sp³-hybridized carbons (Fsp3) is 0.833. The minimum Gasteiger partial charge on any atom is -0.465 e. The molecule has 70 valence electrons. The van der Waals surface area contributed by atoms with Crippen molar-refractivity contribution in [2.45, 2.75) is 18.4 Å². The highest BCUT2D eigenvalue weighted by Gasteiger charge is 2.40. The Balaban J connectivity index is 2.64. The highest BCUT2D eigenvalue weighted by atomic mass is 19.3. The second-order valence-corrected chi connectivity index (χ2v) is 2.98. The van der Waals surface area contributed by atoms with Crippen molar-refractivity contribution in [3.05, 3.63) is 0 Å². The van der Waals surface area contributed by atoms with E-state index in [2.05, 4.69) is 0 Å². The lowest BCUT2D eigenvalue weighted by Crippen LogP contribution is -2.53. The lowest BCUT2D eigenvalue weighted by Gasteiger charge is -2.34. The van der Waals surface area contributed by atoms with Crippen LogP contribution in [0.2, 0.25) is 0 Å². The standard InChI is InChI=1S/C6H10F2N2O2/c7-6(8)1-4(9)2-10(3-6)5(11)12/h4H,1-3,9H2,(H,11,12)/t4-/m0/s1. The molecule has 3 N–H and O–H groups in total. The molecule has 0 bridgehead atoms. The molecule has 4 nitrogen and oxygen atoms in total. The summed E-state index contributed by atoms with van der Waals surface area (Å²) < 4.78 is 25.4. The first-order valence-corrected chi connectivity index (χ1v) is 3.52. The van der Waals surface area contributed by atoms with Gasteiger partial charge in [0.2, 0.25) is 0 Å². The Labute approximate surface area is 67.9 Å². The average Bonchev–Trinajstić information content (AvgIpc) is 1.82. The van der Waals surface area contributed by atoms with Crippen molar-refractivity contribution in [2.24, 2.45) is 5.73 Å². The van der Waals surface area contributed by atoms with Gasteiger partial charge in [0.25, 0.3) is 5.92 Å². The van der Waals surface area contributed by atoms with E-state index < -0.39 is 31.0 Å². The molecule has 0 aliphatic carbocycles. The van der Waals surface area contributed by atoms with Crippen molar-refractivity contribution in [1.29, 1.82) is 0 Å². The number of hydrogen-bond acceptors (Lipinski definition) is 2. The van der Waals surface area contributed by atoms with Crippen LogP contribution in [-0.4, -0.2) is 41.2 Å². The van der Waals surface area contributed by atoms with E-state index in [1.54, 1.807) is 0 Å². The molecule has 0 radical (unpaired) electrons. The first-order chi connectivity index (χ1) is 5.41. The molecule has 1 amide bonds. The van der Waals surface area contributed by atoms with E-state index in [0.29, 0.717) is 4.90 Å². The summed E-state index contributed by atoms with van der Waals surface area (Å²) in [6.07, 6.45) is -1.78. The number of nitrogens with two attached hydrogens (primary N) is 1. The van der Waals surface area contributed by atoms with Crippen LogP contribution in [0.25, 0.3) is 0 Å². The lowest BCUT2D eigenvalue weighted by molar-refractivity contribution is -0.0637. The molecule has 1 aliphatic heterocycles. The number of hydrogen-bond donors (Lipinski definition) is 2. The van der Waals surface area contributed by atoms with E-state index in [-0.39, 0.29) is 6.54 Å². The van der Waals surface area contributed by atoms with Crippen molar-refractivity contribution in [3.63, 3.8) is 0 Å². The molecule has 0 unspecified atom stereocenters. The van der Waals surface area contributed by atoms with Crippen molar-refractivity contribution < 1.29 is 18.7 Å². The number of halogens is 2. The number of nitrogens with zero attached hydrogens (tertiary/aromatic N) is 1. The summed E-state index contributed by atoms with van der Waals surface area (Å²) in [5, 5.41) is 8.43. The topological polar surface area (TPSA) is 66.6 Å². The number of carboxylic acid groups (broad SMARTS) is 1. The third-order valence-corrected chi connectivity index (χ3v) is 1.71. The van der Waals surface area contributed by atoms with Gasteiger partial charge in [-0.15, -0.1) is 0 Å². The Hall–Kier alpha value is -0.910. The molecule has 1 saturated heterocycles. The van der Waals surface area contributed by atoms with Gasteiger partial charge in [-0.25, -0.2) is 13.6 Å². The van der Waals surface area contributed by atoms with Gasteiger partial charge < -0.3 is 15.7 Å². The zero-order valence-corrected chi connectivity index (χ0v) is 6.33. The van der Waals surface area contributed by atoms with Gasteiger partial charge >= 0.3 is 6.09 Å². The highest BCUT2D eigenvalue weighted by molar-refractivity contribution is 5.65. The quantitative estimate of drug-likeness (QED) is 0.564. The molecule has 1 aliphatic rings. The van der Waals surface area contributed by atoms with Gasteiger partial charge in [-0.3, -0.25) is 0 Å². The molecule has 0 aromatic rings. The van der Waals surface area contributed by atoms with Crippen LogP contribution in [0.5, 0.6) is 0 Å². The predicted octanol–water partition coefficient (Wildman–Crippen LogP) is 0.333. The fourth-order valence-electron chi connectivity index (χ4n) is 1.29. The number of amides is 1. The molecule has 0 saturated carbocycles. The van der Waals surface area contributed by atoms with Crippen LogP contribution in [0.15, 0.2) is 0 Å². The molecular formula is C6H10F2N2O2. The van der Waals surface area contributed by atoms with Crippen LogP contribution in [0.4, 0.5) is 13.6 Å². The van der Waals surface area contributed by atoms with E-state index in [0.717, 1.165) is 0 Å². The smallest absolute Gasteiger partial charge is 0.407 e. The second kappa shape index (κ2) is 2.85. The van der Waals surface area contributed by atoms with Gasteiger partial charge in [-0.2, -0.15) is 0 Å². The summed E-state index contributed by atoms with van der Waals surface area (Å²) in [7, 11) is 0. The maximum atomic E-state index is 12.7. The first kappa shape index (κ1) is 9.18. The molecule has 1 heterocycles. The van der Waals surface area contributed by atoms with Gasteiger partial charge in [-0.1, -0.05) is 0 Å². The van der Waals surface area contributed by atoms with Gasteiger partial charge in [0.05, 0.1) is 6.54 Å². The maximum Gasteiger partial charge on any atom is 0.407 e. The summed E-state index contributed by atoms with van der Waals surface area (Å²) in [5.74, 6) is -2.98. The Morgan fingerprint density at radius 2 is 2.25 bits per heavy atom. The number of alkyl halides is 2. The number of piperidine rings is 1. The SMILES string of the molecule is N[C@@H]1CN(C(=O)O)CC(F)(F)C1. The largest absolute Gasteiger partial charge is 0.465 e. The minimum absolute atomic E-state index is 0.00900. The van der Waals surface area contributed by atoms with Crippen molar-refractivity contribution in [1.82, 2.24) is 4.90 Å². The van der Waals surface area contributed by atoms with Gasteiger partial charge in [0, 0.05) is 19.0 Å². The van der Waals surface area contributed by atoms with E-state index in [9.17, 15) is 13.6 Å². The number of rotatable bonds is 0. The average molecular weight is 180 g/mol. The second-order valence-electron chi connectivity index (χ2n) is 2.98. The normalized spacial score (nSPS) is 28.6. The van der Waals surface area contributed by atoms with Crippen LogP contribution in [0, 0.1) is 0 Å². The summed E-state index contributed by atoms with van der Waals surface area (Å²) in [5.41, 5.74) is 5.25. The zero-order chi connectivity index (χ0) is 9.35. The summed E-state index contributed by atoms with van der Waals surface area (Å²) in [4.78, 5) is 11.0. The Morgan fingerprint density at radius 1 is 1.67 bits per heavy atom. The van der Waals surface area contributed by atoms with E-state index in [1.165, 1.54) is 0 Å². The zero-order valence-electron chi connectivity index (χ0n) is 6.33. The van der Waals surface area contributed by atoms with Crippen LogP contribution >= 0.6 is 0 Å². The highest BCUT2D eigenvalue weighted by Crippen LogP contribution is 2.25.